The Kier molecular flexibility index (Phi) is 5.63. The molecule has 0 rings (SSSR count). The summed E-state index contributed by atoms with van der Waals surface area (Å²) in [4.78, 5) is 0. The van der Waals surface area contributed by atoms with Crippen LogP contribution >= 0.6 is 0 Å². The summed E-state index contributed by atoms with van der Waals surface area (Å²) in [5.41, 5.74) is 1.92. The van der Waals surface area contributed by atoms with E-state index in [4.69, 9.17) is 14.7 Å². The molecule has 0 saturated carbocycles. The first-order valence-corrected chi connectivity index (χ1v) is 6.22. The molecule has 0 fully saturated rings. The highest BCUT2D eigenvalue weighted by molar-refractivity contribution is 6.67. The van der Waals surface area contributed by atoms with Gasteiger partial charge < -0.3 is 14.0 Å². The summed E-state index contributed by atoms with van der Waals surface area (Å²) in [7, 11) is 0.723. The zero-order valence-corrected chi connectivity index (χ0v) is 8.83. The lowest BCUT2D eigenvalue weighted by Gasteiger charge is -2.27. The second-order valence-electron chi connectivity index (χ2n) is 2.68. The summed E-state index contributed by atoms with van der Waals surface area (Å²) in [5, 5.41) is 9.62. The van der Waals surface area contributed by atoms with E-state index >= 15 is 0 Å². The van der Waals surface area contributed by atoms with Crippen LogP contribution in [0.25, 0.3) is 0 Å². The molecule has 0 heterocycles. The van der Waals surface area contributed by atoms with Gasteiger partial charge in [0.1, 0.15) is 0 Å². The average molecular weight is 194 g/mol. The molecule has 0 aliphatic carbocycles. The zero-order valence-electron chi connectivity index (χ0n) is 7.83. The molecule has 0 saturated heterocycles. The number of hydrogen-bond acceptors (Lipinski definition) is 5. The third-order valence-corrected chi connectivity index (χ3v) is 5.10. The predicted molar refractivity (Wildman–Crippen MR) is 48.4 cm³/mol. The number of nitrogens with one attached hydrogen (secondary N) is 1. The molecule has 0 aliphatic heterocycles. The van der Waals surface area contributed by atoms with Gasteiger partial charge in [-0.25, -0.2) is 0 Å². The van der Waals surface area contributed by atoms with Gasteiger partial charge in [-0.3, -0.25) is 11.3 Å². The average Bonchev–Trinajstić information content (AvgIpc) is 2.12. The molecule has 0 amide bonds. The summed E-state index contributed by atoms with van der Waals surface area (Å²) in [6.07, 6.45) is 0.543. The fraction of sp³-hybridized carbons (Fsp3) is 1.00. The highest BCUT2D eigenvalue weighted by atomic mass is 28.4. The van der Waals surface area contributed by atoms with Crippen molar-refractivity contribution in [3.05, 3.63) is 0 Å². The van der Waals surface area contributed by atoms with Gasteiger partial charge in [0, 0.05) is 20.8 Å². The molecule has 4 N–H and O–H groups in total. The highest BCUT2D eigenvalue weighted by Gasteiger charge is 2.37. The quantitative estimate of drug-likeness (QED) is 0.290. The molecule has 0 aliphatic rings. The number of hydrogen-bond donors (Lipinski definition) is 3. The van der Waals surface area contributed by atoms with Crippen molar-refractivity contribution in [3.63, 3.8) is 0 Å². The second-order valence-corrected chi connectivity index (χ2v) is 6.20. The number of hydrazine groups is 1. The first kappa shape index (κ1) is 12.0. The van der Waals surface area contributed by atoms with E-state index < -0.39 is 14.3 Å². The molecule has 1 atom stereocenters. The monoisotopic (exact) mass is 194 g/mol. The molecule has 0 radical (unpaired) electrons. The van der Waals surface area contributed by atoms with Gasteiger partial charge in [-0.05, 0) is 13.0 Å². The van der Waals surface area contributed by atoms with Crippen molar-refractivity contribution in [3.8, 4) is 0 Å². The van der Waals surface area contributed by atoms with Gasteiger partial charge in [-0.2, -0.15) is 0 Å². The SMILES string of the molecule is CO[Si](C)(OC)C(O)CCNN. The van der Waals surface area contributed by atoms with Crippen LogP contribution in [0.4, 0.5) is 0 Å². The van der Waals surface area contributed by atoms with Gasteiger partial charge in [0.2, 0.25) is 0 Å². The van der Waals surface area contributed by atoms with E-state index in [9.17, 15) is 5.11 Å². The summed E-state index contributed by atoms with van der Waals surface area (Å²) >= 11 is 0. The third kappa shape index (κ3) is 3.17. The predicted octanol–water partition coefficient (Wildman–Crippen LogP) is -0.895. The van der Waals surface area contributed by atoms with E-state index in [1.54, 1.807) is 14.2 Å². The van der Waals surface area contributed by atoms with Gasteiger partial charge in [-0.1, -0.05) is 0 Å². The van der Waals surface area contributed by atoms with Gasteiger partial charge in [0.25, 0.3) is 0 Å². The largest absolute Gasteiger partial charge is 0.396 e. The van der Waals surface area contributed by atoms with Crippen molar-refractivity contribution in [1.29, 1.82) is 0 Å². The molecule has 0 spiro atoms. The minimum atomic E-state index is -2.38. The second kappa shape index (κ2) is 5.63. The molecule has 74 valence electrons. The van der Waals surface area contributed by atoms with Crippen LogP contribution in [0.15, 0.2) is 0 Å². The lowest BCUT2D eigenvalue weighted by Crippen LogP contribution is -2.50. The summed E-state index contributed by atoms with van der Waals surface area (Å²) < 4.78 is 10.3. The number of aliphatic hydroxyl groups excluding tert-OH is 1. The Morgan fingerprint density at radius 2 is 2.00 bits per heavy atom. The minimum absolute atomic E-state index is 0.543. The summed E-state index contributed by atoms with van der Waals surface area (Å²) in [6, 6.07) is 0. The van der Waals surface area contributed by atoms with Crippen LogP contribution in [0.1, 0.15) is 6.42 Å². The summed E-state index contributed by atoms with van der Waals surface area (Å²) in [5.74, 6) is 5.08. The Balaban J connectivity index is 3.93. The van der Waals surface area contributed by atoms with Crippen molar-refractivity contribution in [2.45, 2.75) is 18.7 Å². The molecule has 5 nitrogen and oxygen atoms in total. The van der Waals surface area contributed by atoms with Crippen LogP contribution in [0.3, 0.4) is 0 Å². The molecule has 0 aromatic rings. The fourth-order valence-electron chi connectivity index (χ4n) is 0.838. The van der Waals surface area contributed by atoms with Crippen molar-refractivity contribution in [2.24, 2.45) is 5.84 Å². The lowest BCUT2D eigenvalue weighted by atomic mass is 10.5. The van der Waals surface area contributed by atoms with E-state index in [0.29, 0.717) is 13.0 Å². The fourth-order valence-corrected chi connectivity index (χ4v) is 2.22. The van der Waals surface area contributed by atoms with Crippen LogP contribution in [-0.4, -0.2) is 40.2 Å². The van der Waals surface area contributed by atoms with E-state index in [2.05, 4.69) is 5.43 Å². The molecule has 0 aromatic carbocycles. The van der Waals surface area contributed by atoms with Gasteiger partial charge >= 0.3 is 8.56 Å². The topological polar surface area (TPSA) is 76.7 Å². The van der Waals surface area contributed by atoms with Gasteiger partial charge in [0.05, 0.1) is 5.73 Å². The van der Waals surface area contributed by atoms with Gasteiger partial charge in [-0.15, -0.1) is 0 Å². The Labute approximate surface area is 74.1 Å². The summed E-state index contributed by atoms with van der Waals surface area (Å²) in [6.45, 7) is 2.37. The van der Waals surface area contributed by atoms with Crippen LogP contribution in [-0.2, 0) is 8.85 Å². The molecule has 0 bridgehead atoms. The zero-order chi connectivity index (χ0) is 9.61. The molecule has 0 aromatic heterocycles. The van der Waals surface area contributed by atoms with E-state index in [1.807, 2.05) is 6.55 Å². The van der Waals surface area contributed by atoms with Crippen molar-refractivity contribution >= 4 is 8.56 Å². The van der Waals surface area contributed by atoms with Crippen LogP contribution in [0, 0.1) is 0 Å². The van der Waals surface area contributed by atoms with E-state index in [1.165, 1.54) is 0 Å². The first-order chi connectivity index (χ1) is 5.60. The van der Waals surface area contributed by atoms with Crippen molar-refractivity contribution in [1.82, 2.24) is 5.43 Å². The standard InChI is InChI=1S/C6H18N2O3Si/c1-10-12(3,11-2)6(9)4-5-8-7/h6,8-9H,4-5,7H2,1-3H3. The molecular formula is C6H18N2O3Si. The Morgan fingerprint density at radius 1 is 1.50 bits per heavy atom. The maximum atomic E-state index is 9.62. The number of rotatable bonds is 6. The normalized spacial score (nSPS) is 14.8. The minimum Gasteiger partial charge on any atom is -0.396 e. The Hall–Kier alpha value is 0.0169. The van der Waals surface area contributed by atoms with Crippen LogP contribution < -0.4 is 11.3 Å². The molecule has 12 heavy (non-hydrogen) atoms. The van der Waals surface area contributed by atoms with Crippen LogP contribution in [0.5, 0.6) is 0 Å². The Bertz CT molecular complexity index is 121. The maximum Gasteiger partial charge on any atom is 0.364 e. The Morgan fingerprint density at radius 3 is 2.33 bits per heavy atom. The molecular weight excluding hydrogens is 176 g/mol. The van der Waals surface area contributed by atoms with E-state index in [0.717, 1.165) is 0 Å². The number of nitrogens with two attached hydrogens (primary N) is 1. The number of aliphatic hydroxyl groups is 1. The molecule has 6 heteroatoms. The molecule has 1 unspecified atom stereocenters. The van der Waals surface area contributed by atoms with E-state index in [-0.39, 0.29) is 0 Å². The first-order valence-electron chi connectivity index (χ1n) is 3.82. The smallest absolute Gasteiger partial charge is 0.364 e. The van der Waals surface area contributed by atoms with Gasteiger partial charge in [0.15, 0.2) is 0 Å². The van der Waals surface area contributed by atoms with Crippen molar-refractivity contribution < 1.29 is 14.0 Å². The lowest BCUT2D eigenvalue weighted by molar-refractivity contribution is 0.139. The van der Waals surface area contributed by atoms with Crippen LogP contribution in [0.2, 0.25) is 6.55 Å². The van der Waals surface area contributed by atoms with Crippen molar-refractivity contribution in [2.75, 3.05) is 20.8 Å². The highest BCUT2D eigenvalue weighted by Crippen LogP contribution is 2.12. The maximum absolute atomic E-state index is 9.62. The third-order valence-electron chi connectivity index (χ3n) is 1.98.